The van der Waals surface area contributed by atoms with Crippen LogP contribution in [0.1, 0.15) is 86.0 Å². The van der Waals surface area contributed by atoms with Crippen LogP contribution >= 0.6 is 23.1 Å². The van der Waals surface area contributed by atoms with Crippen molar-refractivity contribution in [3.63, 3.8) is 0 Å². The Kier molecular flexibility index (Phi) is 14.2. The first-order valence-corrected chi connectivity index (χ1v) is 29.4. The summed E-state index contributed by atoms with van der Waals surface area (Å²) in [5.74, 6) is 1.55. The van der Waals surface area contributed by atoms with Crippen molar-refractivity contribution in [2.24, 2.45) is 5.92 Å². The minimum atomic E-state index is -2.64. The molecule has 11 rings (SSSR count). The number of imide groups is 1. The third-order valence-corrected chi connectivity index (χ3v) is 20.3. The molecule has 2 atom stereocenters. The number of halogens is 1. The number of piperidine rings is 2. The molecule has 3 N–H and O–H groups in total. The number of rotatable bonds is 14. The highest BCUT2D eigenvalue weighted by atomic mass is 79.9. The van der Waals surface area contributed by atoms with Crippen molar-refractivity contribution >= 4 is 91.5 Å². The van der Waals surface area contributed by atoms with Crippen LogP contribution in [-0.2, 0) is 33.5 Å². The van der Waals surface area contributed by atoms with Gasteiger partial charge in [0.15, 0.2) is 0 Å². The maximum absolute atomic E-state index is 14.6. The molecule has 2 aromatic heterocycles. The van der Waals surface area contributed by atoms with E-state index >= 15 is 0 Å². The van der Waals surface area contributed by atoms with Crippen molar-refractivity contribution in [2.45, 2.75) is 90.3 Å². The Morgan fingerprint density at radius 1 is 0.836 bits per heavy atom. The molecule has 18 heteroatoms. The molecule has 6 aliphatic heterocycles. The topological polar surface area (TPSA) is 168 Å². The number of anilines is 6. The van der Waals surface area contributed by atoms with Gasteiger partial charge in [-0.2, -0.15) is 4.98 Å². The largest absolute Gasteiger partial charge is 0.494 e. The zero-order valence-corrected chi connectivity index (χ0v) is 44.8. The highest BCUT2D eigenvalue weighted by Crippen LogP contribution is 2.54. The zero-order valence-electron chi connectivity index (χ0n) is 42.3. The van der Waals surface area contributed by atoms with E-state index in [1.54, 1.807) is 18.2 Å². The second kappa shape index (κ2) is 21.0. The Morgan fingerprint density at radius 2 is 1.63 bits per heavy atom. The highest BCUT2D eigenvalue weighted by Gasteiger charge is 2.40. The predicted molar refractivity (Wildman–Crippen MR) is 292 cm³/mol. The van der Waals surface area contributed by atoms with Crippen molar-refractivity contribution < 1.29 is 23.7 Å². The minimum Gasteiger partial charge on any atom is -0.494 e. The first-order valence-electron chi connectivity index (χ1n) is 26.5. The number of aryl methyl sites for hydroxylation is 2. The molecule has 0 bridgehead atoms. The number of piperazine rings is 1. The van der Waals surface area contributed by atoms with E-state index in [-0.39, 0.29) is 24.1 Å². The average molecular weight is 1070 g/mol. The number of aromatic nitrogens is 3. The van der Waals surface area contributed by atoms with Crippen molar-refractivity contribution in [3.8, 4) is 5.75 Å². The molecule has 0 aliphatic carbocycles. The second-order valence-corrected chi connectivity index (χ2v) is 24.8. The SMILES string of the molecule is CCc1ccc2c(P3(=O)CCCC3)c(Nc3nc(Nc4cc(CC)c(N5CCC(N6CCN(C[C@@H]7CCN(c8ccc9c(c8)CN(C8CCC(=O)NC8=O)C9=O)C7)CC6)CC5)cc4OC)ncc3Br)ccc2n1. The fraction of sp³-hybridized carbons (Fsp3) is 0.491. The van der Waals surface area contributed by atoms with E-state index in [9.17, 15) is 18.9 Å². The third-order valence-electron chi connectivity index (χ3n) is 16.4. The Balaban J connectivity index is 0.683. The van der Waals surface area contributed by atoms with Crippen LogP contribution in [0.4, 0.5) is 34.5 Å². The number of amides is 3. The molecular formula is C55H67BrN11O5P. The van der Waals surface area contributed by atoms with Gasteiger partial charge in [-0.15, -0.1) is 0 Å². The van der Waals surface area contributed by atoms with Crippen molar-refractivity contribution in [1.82, 2.24) is 35.0 Å². The molecule has 0 radical (unpaired) electrons. The molecule has 1 unspecified atom stereocenters. The van der Waals surface area contributed by atoms with Crippen LogP contribution in [0.5, 0.6) is 5.75 Å². The Hall–Kier alpha value is -5.61. The Labute approximate surface area is 436 Å². The summed E-state index contributed by atoms with van der Waals surface area (Å²) >= 11 is 3.69. The van der Waals surface area contributed by atoms with Gasteiger partial charge in [-0.05, 0) is 127 Å². The lowest BCUT2D eigenvalue weighted by atomic mass is 9.99. The smallest absolute Gasteiger partial charge is 0.255 e. The van der Waals surface area contributed by atoms with E-state index in [1.165, 1.54) is 11.3 Å². The average Bonchev–Trinajstić information content (AvgIpc) is 4.16. The van der Waals surface area contributed by atoms with Crippen LogP contribution in [-0.4, -0.2) is 138 Å². The number of benzene rings is 3. The van der Waals surface area contributed by atoms with Gasteiger partial charge in [0.25, 0.3) is 5.91 Å². The summed E-state index contributed by atoms with van der Waals surface area (Å²) in [5.41, 5.74) is 8.70. The van der Waals surface area contributed by atoms with Gasteiger partial charge in [-0.3, -0.25) is 29.6 Å². The van der Waals surface area contributed by atoms with E-state index < -0.39 is 13.2 Å². The summed E-state index contributed by atoms with van der Waals surface area (Å²) in [7, 11) is -0.929. The number of nitrogens with one attached hydrogen (secondary N) is 3. The number of hydrogen-bond acceptors (Lipinski definition) is 14. The standard InChI is InChI=1S/C55H67BrN11O5P/c1-4-36-29-46(60-55-57-31-43(56)52(62-55)59-45-13-12-44-42(10-8-38(5-2)58-44)51(45)73(71)26-6-7-27-73)49(72-3)30-48(36)65-20-17-39(18-21-65)64-24-22-63(23-25-64)32-35-16-19-66(33-35)40-9-11-41-37(28-40)34-67(54(41)70)47-14-15-50(68)61-53(47)69/h8-13,28-31,35,39,47H,4-7,14-27,32-34H2,1-3H3,(H,61,68,69)(H2,57,59,60,62)/t35-,47?/m0/s1. The number of carbonyl (C=O) groups excluding carboxylic acids is 3. The monoisotopic (exact) mass is 1070 g/mol. The molecule has 16 nitrogen and oxygen atoms in total. The van der Waals surface area contributed by atoms with Gasteiger partial charge >= 0.3 is 0 Å². The molecule has 5 saturated heterocycles. The number of methoxy groups -OCH3 is 1. The van der Waals surface area contributed by atoms with Gasteiger partial charge in [0.05, 0.1) is 28.5 Å². The summed E-state index contributed by atoms with van der Waals surface area (Å²) in [5, 5.41) is 11.2. The van der Waals surface area contributed by atoms with Gasteiger partial charge in [0.2, 0.25) is 17.8 Å². The van der Waals surface area contributed by atoms with E-state index in [0.29, 0.717) is 59.1 Å². The van der Waals surface area contributed by atoms with Gasteiger partial charge in [-0.25, -0.2) is 4.98 Å². The molecule has 0 spiro atoms. The second-order valence-electron chi connectivity index (χ2n) is 20.8. The van der Waals surface area contributed by atoms with Crippen molar-refractivity contribution in [3.05, 3.63) is 87.7 Å². The molecule has 3 amide bonds. The molecule has 73 heavy (non-hydrogen) atoms. The molecule has 5 fully saturated rings. The van der Waals surface area contributed by atoms with Crippen LogP contribution in [0, 0.1) is 5.92 Å². The molecule has 6 aliphatic rings. The van der Waals surface area contributed by atoms with Gasteiger partial charge in [-0.1, -0.05) is 19.9 Å². The number of ether oxygens (including phenoxy) is 1. The predicted octanol–water partition coefficient (Wildman–Crippen LogP) is 8.06. The van der Waals surface area contributed by atoms with E-state index in [1.807, 2.05) is 18.2 Å². The van der Waals surface area contributed by atoms with Gasteiger partial charge < -0.3 is 39.5 Å². The number of carbonyl (C=O) groups is 3. The minimum absolute atomic E-state index is 0.125. The van der Waals surface area contributed by atoms with Crippen molar-refractivity contribution in [2.75, 3.05) is 98.8 Å². The normalized spacial score (nSPS) is 21.8. The van der Waals surface area contributed by atoms with Crippen LogP contribution in [0.25, 0.3) is 10.9 Å². The Bertz CT molecular complexity index is 2990. The van der Waals surface area contributed by atoms with E-state index in [0.717, 1.165) is 154 Å². The van der Waals surface area contributed by atoms with Gasteiger partial charge in [0.1, 0.15) is 24.8 Å². The summed E-state index contributed by atoms with van der Waals surface area (Å²) in [6.45, 7) is 14.1. The molecule has 8 heterocycles. The maximum atomic E-state index is 14.6. The summed E-state index contributed by atoms with van der Waals surface area (Å²) < 4.78 is 21.3. The van der Waals surface area contributed by atoms with Gasteiger partial charge in [0, 0.05) is 136 Å². The maximum Gasteiger partial charge on any atom is 0.255 e. The van der Waals surface area contributed by atoms with Crippen molar-refractivity contribution in [1.29, 1.82) is 0 Å². The van der Waals surface area contributed by atoms with Crippen LogP contribution < -0.4 is 35.8 Å². The molecule has 5 aromatic rings. The van der Waals surface area contributed by atoms with Crippen LogP contribution in [0.3, 0.4) is 0 Å². The molecule has 384 valence electrons. The number of fused-ring (bicyclic) bond motifs is 2. The number of hydrogen-bond donors (Lipinski definition) is 3. The molecule has 0 saturated carbocycles. The summed E-state index contributed by atoms with van der Waals surface area (Å²) in [6.07, 6.45) is 10.8. The van der Waals surface area contributed by atoms with E-state index in [2.05, 4.69) is 107 Å². The number of nitrogens with zero attached hydrogens (tertiary/aromatic N) is 8. The fourth-order valence-corrected chi connectivity index (χ4v) is 16.0. The summed E-state index contributed by atoms with van der Waals surface area (Å²) in [6, 6.07) is 18.6. The number of pyridine rings is 1. The molecule has 3 aromatic carbocycles. The Morgan fingerprint density at radius 3 is 2.38 bits per heavy atom. The first kappa shape index (κ1) is 49.6. The first-order chi connectivity index (χ1) is 35.5. The lowest BCUT2D eigenvalue weighted by Gasteiger charge is -2.44. The van der Waals surface area contributed by atoms with Crippen LogP contribution in [0.2, 0.25) is 0 Å². The highest BCUT2D eigenvalue weighted by molar-refractivity contribution is 9.10. The lowest BCUT2D eigenvalue weighted by molar-refractivity contribution is -0.136. The third kappa shape index (κ3) is 10.1. The lowest BCUT2D eigenvalue weighted by Crippen LogP contribution is -2.54. The summed E-state index contributed by atoms with van der Waals surface area (Å²) in [4.78, 5) is 64.0. The fourth-order valence-electron chi connectivity index (χ4n) is 12.4. The molecular weight excluding hydrogens is 1010 g/mol. The zero-order chi connectivity index (χ0) is 50.4. The quantitative estimate of drug-likeness (QED) is 0.0722. The van der Waals surface area contributed by atoms with E-state index in [4.69, 9.17) is 14.7 Å². The van der Waals surface area contributed by atoms with Crippen LogP contribution in [0.15, 0.2) is 65.3 Å².